The number of hydrogen-bond acceptors (Lipinski definition) is 7. The van der Waals surface area contributed by atoms with Crippen molar-refractivity contribution in [2.24, 2.45) is 5.41 Å². The molecule has 6 rings (SSSR count). The van der Waals surface area contributed by atoms with Gasteiger partial charge in [0.05, 0.1) is 45.3 Å². The lowest BCUT2D eigenvalue weighted by Crippen LogP contribution is -2.42. The molecule has 9 nitrogen and oxygen atoms in total. The summed E-state index contributed by atoms with van der Waals surface area (Å²) in [5.41, 5.74) is 5.86. The second-order valence-corrected chi connectivity index (χ2v) is 12.4. The molecule has 1 aromatic heterocycles. The third kappa shape index (κ3) is 5.94. The highest BCUT2D eigenvalue weighted by molar-refractivity contribution is 6.02. The van der Waals surface area contributed by atoms with Crippen LogP contribution in [0.15, 0.2) is 78.1 Å². The van der Waals surface area contributed by atoms with Crippen LogP contribution in [0.2, 0.25) is 0 Å². The van der Waals surface area contributed by atoms with E-state index in [-0.39, 0.29) is 23.7 Å². The first-order chi connectivity index (χ1) is 21.7. The van der Waals surface area contributed by atoms with Crippen LogP contribution in [0.5, 0.6) is 17.2 Å². The number of amides is 1. The first kappa shape index (κ1) is 30.1. The standard InChI is InChI=1S/C36H40N4O5/c1-36(2)18-29-34(31(41)19-36)35(26-17-24(44-4)11-13-32(26)45-5)40(30-9-7-6-8-28(30)39-29)21-33(42)37-15-14-22-20-38-27-12-10-23(43-3)16-25(22)27/h6-13,16-17,20,35,38-39H,14-15,18-19,21H2,1-5H3,(H,37,42). The summed E-state index contributed by atoms with van der Waals surface area (Å²) in [6.07, 6.45) is 3.72. The lowest BCUT2D eigenvalue weighted by molar-refractivity contribution is -0.120. The van der Waals surface area contributed by atoms with Crippen molar-refractivity contribution >= 4 is 34.0 Å². The second kappa shape index (κ2) is 12.2. The van der Waals surface area contributed by atoms with Crippen molar-refractivity contribution in [1.29, 1.82) is 0 Å². The lowest BCUT2D eigenvalue weighted by atomic mass is 9.73. The summed E-state index contributed by atoms with van der Waals surface area (Å²) in [5, 5.41) is 7.80. The molecule has 4 aromatic rings. The fourth-order valence-electron chi connectivity index (χ4n) is 6.64. The summed E-state index contributed by atoms with van der Waals surface area (Å²) in [4.78, 5) is 33.1. The molecule has 2 aliphatic rings. The van der Waals surface area contributed by atoms with Gasteiger partial charge in [-0.3, -0.25) is 9.59 Å². The van der Waals surface area contributed by atoms with Gasteiger partial charge in [-0.15, -0.1) is 0 Å². The summed E-state index contributed by atoms with van der Waals surface area (Å²) in [5.74, 6) is 1.94. The SMILES string of the molecule is COc1ccc(OC)c(C2C3=C(CC(C)(C)CC3=O)Nc3ccccc3N2CC(=O)NCCc2c[nH]c3ccc(OC)cc23)c1. The van der Waals surface area contributed by atoms with Crippen LogP contribution in [-0.2, 0) is 16.0 Å². The molecular weight excluding hydrogens is 568 g/mol. The number of Topliss-reactive ketones (excluding diaryl/α,β-unsaturated/α-hetero) is 1. The number of methoxy groups -OCH3 is 3. The number of nitrogens with one attached hydrogen (secondary N) is 3. The van der Waals surface area contributed by atoms with Crippen LogP contribution in [-0.4, -0.2) is 51.1 Å². The van der Waals surface area contributed by atoms with E-state index >= 15 is 0 Å². The highest BCUT2D eigenvalue weighted by Crippen LogP contribution is 2.50. The molecule has 0 saturated heterocycles. The largest absolute Gasteiger partial charge is 0.497 e. The molecule has 1 aliphatic carbocycles. The number of carbonyl (C=O) groups is 2. The number of ketones is 1. The Bertz CT molecular complexity index is 1790. The van der Waals surface area contributed by atoms with Gasteiger partial charge in [0.2, 0.25) is 5.91 Å². The molecule has 234 valence electrons. The number of para-hydroxylation sites is 2. The third-order valence-corrected chi connectivity index (χ3v) is 8.74. The average molecular weight is 609 g/mol. The number of carbonyl (C=O) groups excluding carboxylic acids is 2. The van der Waals surface area contributed by atoms with Gasteiger partial charge in [0.15, 0.2) is 5.78 Å². The number of anilines is 2. The molecule has 9 heteroatoms. The van der Waals surface area contributed by atoms with E-state index in [9.17, 15) is 9.59 Å². The Balaban J connectivity index is 1.36. The molecule has 1 unspecified atom stereocenters. The van der Waals surface area contributed by atoms with Gasteiger partial charge in [-0.2, -0.15) is 0 Å². The second-order valence-electron chi connectivity index (χ2n) is 12.4. The lowest BCUT2D eigenvalue weighted by Gasteiger charge is -2.38. The molecule has 3 aromatic carbocycles. The summed E-state index contributed by atoms with van der Waals surface area (Å²) in [6, 6.07) is 18.8. The highest BCUT2D eigenvalue weighted by atomic mass is 16.5. The summed E-state index contributed by atoms with van der Waals surface area (Å²) >= 11 is 0. The van der Waals surface area contributed by atoms with Crippen LogP contribution in [0.1, 0.15) is 43.9 Å². The van der Waals surface area contributed by atoms with Crippen molar-refractivity contribution in [2.45, 2.75) is 39.2 Å². The van der Waals surface area contributed by atoms with Crippen molar-refractivity contribution in [3.63, 3.8) is 0 Å². The summed E-state index contributed by atoms with van der Waals surface area (Å²) < 4.78 is 16.9. The van der Waals surface area contributed by atoms with Gasteiger partial charge in [0.25, 0.3) is 0 Å². The van der Waals surface area contributed by atoms with Crippen molar-refractivity contribution in [1.82, 2.24) is 10.3 Å². The quantitative estimate of drug-likeness (QED) is 0.209. The number of hydrogen-bond donors (Lipinski definition) is 3. The molecule has 1 atom stereocenters. The van der Waals surface area contributed by atoms with E-state index in [2.05, 4.69) is 29.5 Å². The number of rotatable bonds is 9. The van der Waals surface area contributed by atoms with Crippen molar-refractivity contribution < 1.29 is 23.8 Å². The fraction of sp³-hybridized carbons (Fsp3) is 0.333. The predicted molar refractivity (Wildman–Crippen MR) is 176 cm³/mol. The number of nitrogens with zero attached hydrogens (tertiary/aromatic N) is 1. The first-order valence-electron chi connectivity index (χ1n) is 15.2. The van der Waals surface area contributed by atoms with Crippen molar-refractivity contribution in [2.75, 3.05) is 44.6 Å². The Morgan fingerprint density at radius 1 is 0.978 bits per heavy atom. The summed E-state index contributed by atoms with van der Waals surface area (Å²) in [6.45, 7) is 4.70. The summed E-state index contributed by atoms with van der Waals surface area (Å²) in [7, 11) is 4.88. The number of aromatic nitrogens is 1. The van der Waals surface area contributed by atoms with E-state index in [4.69, 9.17) is 14.2 Å². The van der Waals surface area contributed by atoms with Crippen LogP contribution in [0, 0.1) is 5.41 Å². The maximum absolute atomic E-state index is 14.1. The molecule has 1 aliphatic heterocycles. The van der Waals surface area contributed by atoms with Gasteiger partial charge >= 0.3 is 0 Å². The maximum atomic E-state index is 14.1. The Morgan fingerprint density at radius 2 is 1.73 bits per heavy atom. The van der Waals surface area contributed by atoms with Crippen LogP contribution in [0.4, 0.5) is 11.4 Å². The molecule has 0 saturated carbocycles. The van der Waals surface area contributed by atoms with E-state index < -0.39 is 6.04 Å². The molecule has 2 heterocycles. The van der Waals surface area contributed by atoms with Gasteiger partial charge in [-0.1, -0.05) is 26.0 Å². The molecule has 0 fully saturated rings. The van der Waals surface area contributed by atoms with Gasteiger partial charge in [-0.25, -0.2) is 0 Å². The van der Waals surface area contributed by atoms with Gasteiger partial charge in [-0.05, 0) is 72.4 Å². The zero-order valence-electron chi connectivity index (χ0n) is 26.5. The number of aromatic amines is 1. The smallest absolute Gasteiger partial charge is 0.239 e. The highest BCUT2D eigenvalue weighted by Gasteiger charge is 2.43. The Kier molecular flexibility index (Phi) is 8.18. The molecule has 0 bridgehead atoms. The van der Waals surface area contributed by atoms with E-state index in [1.807, 2.05) is 71.8 Å². The molecule has 1 amide bonds. The van der Waals surface area contributed by atoms with Crippen LogP contribution < -0.4 is 29.7 Å². The van der Waals surface area contributed by atoms with E-state index in [0.29, 0.717) is 42.9 Å². The normalized spacial score (nSPS) is 17.2. The Hall–Kier alpha value is -4.92. The van der Waals surface area contributed by atoms with E-state index in [0.717, 1.165) is 44.9 Å². The van der Waals surface area contributed by atoms with Crippen molar-refractivity contribution in [3.05, 3.63) is 89.3 Å². The molecule has 3 N–H and O–H groups in total. The van der Waals surface area contributed by atoms with Gasteiger partial charge < -0.3 is 34.7 Å². The topological polar surface area (TPSA) is 105 Å². The third-order valence-electron chi connectivity index (χ3n) is 8.74. The molecule has 45 heavy (non-hydrogen) atoms. The minimum Gasteiger partial charge on any atom is -0.497 e. The van der Waals surface area contributed by atoms with Crippen LogP contribution in [0.25, 0.3) is 10.9 Å². The average Bonchev–Trinajstić information content (AvgIpc) is 3.37. The number of benzene rings is 3. The van der Waals surface area contributed by atoms with Gasteiger partial charge in [0, 0.05) is 46.9 Å². The monoisotopic (exact) mass is 608 g/mol. The minimum absolute atomic E-state index is 0.0267. The predicted octanol–water partition coefficient (Wildman–Crippen LogP) is 6.17. The first-order valence-corrected chi connectivity index (χ1v) is 15.2. The van der Waals surface area contributed by atoms with Crippen molar-refractivity contribution in [3.8, 4) is 17.2 Å². The fourth-order valence-corrected chi connectivity index (χ4v) is 6.64. The van der Waals surface area contributed by atoms with Crippen LogP contribution >= 0.6 is 0 Å². The molecule has 0 spiro atoms. The zero-order chi connectivity index (χ0) is 31.7. The number of H-pyrrole nitrogens is 1. The van der Waals surface area contributed by atoms with E-state index in [1.165, 1.54) is 0 Å². The number of ether oxygens (including phenoxy) is 3. The van der Waals surface area contributed by atoms with E-state index in [1.54, 1.807) is 21.3 Å². The van der Waals surface area contributed by atoms with Gasteiger partial charge in [0.1, 0.15) is 17.2 Å². The minimum atomic E-state index is -0.586. The number of allylic oxidation sites excluding steroid dienone is 1. The maximum Gasteiger partial charge on any atom is 0.239 e. The number of fused-ring (bicyclic) bond motifs is 2. The molecule has 0 radical (unpaired) electrons. The Morgan fingerprint density at radius 3 is 2.51 bits per heavy atom. The molecular formula is C36H40N4O5. The Labute approximate surface area is 263 Å². The zero-order valence-corrected chi connectivity index (χ0v) is 26.5. The van der Waals surface area contributed by atoms with Crippen LogP contribution in [0.3, 0.4) is 0 Å².